The Hall–Kier alpha value is -3.95. The number of nitrogens with one attached hydrogen (secondary N) is 1. The number of nitro groups is 1. The number of hydrogen-bond donors (Lipinski definition) is 1. The van der Waals surface area contributed by atoms with Crippen LogP contribution in [0.4, 0.5) is 17.1 Å². The second kappa shape index (κ2) is 9.03. The number of nitro benzene ring substituents is 1. The quantitative estimate of drug-likeness (QED) is 0.437. The van der Waals surface area contributed by atoms with Crippen molar-refractivity contribution < 1.29 is 28.8 Å². The number of nitrogens with zero attached hydrogens (tertiary/aromatic N) is 2. The highest BCUT2D eigenvalue weighted by Crippen LogP contribution is 2.31. The standard InChI is InChI=1S/C20H19N3O7/c1-13-10-18(24)21-14-6-2-3-7-15(14)22(13)19(25)11-30-20(26)12-29-17-9-5-4-8-16(17)23(27)28/h2-9,13H,10-12H2,1H3,(H,21,24)/t13-/m1/s1. The molecule has 0 saturated heterocycles. The molecule has 1 atom stereocenters. The molecule has 10 nitrogen and oxygen atoms in total. The lowest BCUT2D eigenvalue weighted by atomic mass is 10.1. The molecule has 10 heteroatoms. The van der Waals surface area contributed by atoms with E-state index in [9.17, 15) is 24.5 Å². The van der Waals surface area contributed by atoms with Crippen molar-refractivity contribution in [2.45, 2.75) is 19.4 Å². The zero-order valence-corrected chi connectivity index (χ0v) is 16.1. The predicted octanol–water partition coefficient (Wildman–Crippen LogP) is 2.28. The van der Waals surface area contributed by atoms with Gasteiger partial charge in [0.15, 0.2) is 19.0 Å². The number of anilines is 2. The summed E-state index contributed by atoms with van der Waals surface area (Å²) < 4.78 is 10.1. The van der Waals surface area contributed by atoms with Crippen molar-refractivity contribution in [3.63, 3.8) is 0 Å². The van der Waals surface area contributed by atoms with Crippen molar-refractivity contribution >= 4 is 34.8 Å². The lowest BCUT2D eigenvalue weighted by Crippen LogP contribution is -2.41. The molecule has 0 aromatic heterocycles. The van der Waals surface area contributed by atoms with Crippen molar-refractivity contribution in [1.29, 1.82) is 0 Å². The zero-order chi connectivity index (χ0) is 21.7. The number of rotatable bonds is 6. The van der Waals surface area contributed by atoms with E-state index in [4.69, 9.17) is 9.47 Å². The summed E-state index contributed by atoms with van der Waals surface area (Å²) in [5.74, 6) is -1.66. The van der Waals surface area contributed by atoms with Gasteiger partial charge in [0.1, 0.15) is 0 Å². The fourth-order valence-electron chi connectivity index (χ4n) is 3.09. The molecule has 3 rings (SSSR count). The first-order chi connectivity index (χ1) is 14.4. The van der Waals surface area contributed by atoms with Gasteiger partial charge in [0.2, 0.25) is 5.91 Å². The summed E-state index contributed by atoms with van der Waals surface area (Å²) in [5, 5.41) is 13.7. The van der Waals surface area contributed by atoms with Crippen LogP contribution in [0.1, 0.15) is 13.3 Å². The third-order valence-electron chi connectivity index (χ3n) is 4.39. The van der Waals surface area contributed by atoms with E-state index in [1.807, 2.05) is 0 Å². The number of amides is 2. The summed E-state index contributed by atoms with van der Waals surface area (Å²) in [6.07, 6.45) is 0.0924. The van der Waals surface area contributed by atoms with Crippen LogP contribution in [0.3, 0.4) is 0 Å². The molecule has 1 aliphatic heterocycles. The fraction of sp³-hybridized carbons (Fsp3) is 0.250. The average molecular weight is 413 g/mol. The molecule has 30 heavy (non-hydrogen) atoms. The molecule has 0 saturated carbocycles. The minimum Gasteiger partial charge on any atom is -0.475 e. The number of carbonyl (C=O) groups excluding carboxylic acids is 3. The number of ether oxygens (including phenoxy) is 2. The molecule has 0 radical (unpaired) electrons. The Morgan fingerprint density at radius 1 is 1.17 bits per heavy atom. The van der Waals surface area contributed by atoms with Crippen molar-refractivity contribution in [3.8, 4) is 5.75 Å². The van der Waals surface area contributed by atoms with E-state index in [1.165, 1.54) is 29.2 Å². The largest absolute Gasteiger partial charge is 0.475 e. The molecule has 156 valence electrons. The molecule has 2 aromatic carbocycles. The lowest BCUT2D eigenvalue weighted by molar-refractivity contribution is -0.385. The van der Waals surface area contributed by atoms with E-state index in [0.29, 0.717) is 11.4 Å². The Labute approximate surface area is 171 Å². The van der Waals surface area contributed by atoms with Crippen molar-refractivity contribution in [2.75, 3.05) is 23.4 Å². The maximum absolute atomic E-state index is 12.7. The Kier molecular flexibility index (Phi) is 6.26. The maximum atomic E-state index is 12.7. The first-order valence-corrected chi connectivity index (χ1v) is 9.09. The monoisotopic (exact) mass is 413 g/mol. The molecule has 2 amide bonds. The van der Waals surface area contributed by atoms with Gasteiger partial charge in [0.25, 0.3) is 5.91 Å². The first kappa shape index (κ1) is 20.8. The molecular weight excluding hydrogens is 394 g/mol. The molecule has 0 unspecified atom stereocenters. The second-order valence-electron chi connectivity index (χ2n) is 6.56. The van der Waals surface area contributed by atoms with Gasteiger partial charge in [-0.1, -0.05) is 24.3 Å². The molecule has 1 aliphatic rings. The topological polar surface area (TPSA) is 128 Å². The van der Waals surface area contributed by atoms with Crippen LogP contribution in [-0.4, -0.2) is 42.0 Å². The Balaban J connectivity index is 1.62. The van der Waals surface area contributed by atoms with Gasteiger partial charge in [-0.05, 0) is 25.1 Å². The summed E-state index contributed by atoms with van der Waals surface area (Å²) in [7, 11) is 0. The summed E-state index contributed by atoms with van der Waals surface area (Å²) >= 11 is 0. The Morgan fingerprint density at radius 3 is 2.63 bits per heavy atom. The highest BCUT2D eigenvalue weighted by atomic mass is 16.6. The lowest BCUT2D eigenvalue weighted by Gasteiger charge is -2.27. The summed E-state index contributed by atoms with van der Waals surface area (Å²) in [5.41, 5.74) is 0.716. The second-order valence-corrected chi connectivity index (χ2v) is 6.56. The SMILES string of the molecule is C[C@@H]1CC(=O)Nc2ccccc2N1C(=O)COC(=O)COc1ccccc1[N+](=O)[O-]. The molecular formula is C20H19N3O7. The van der Waals surface area contributed by atoms with Gasteiger partial charge >= 0.3 is 11.7 Å². The third-order valence-corrected chi connectivity index (χ3v) is 4.39. The third kappa shape index (κ3) is 4.72. The van der Waals surface area contributed by atoms with Crippen molar-refractivity contribution in [2.24, 2.45) is 0 Å². The van der Waals surface area contributed by atoms with Crippen LogP contribution >= 0.6 is 0 Å². The number of hydrogen-bond acceptors (Lipinski definition) is 7. The molecule has 1 N–H and O–H groups in total. The minimum atomic E-state index is -0.855. The number of esters is 1. The normalized spacial score (nSPS) is 15.4. The van der Waals surface area contributed by atoms with Crippen LogP contribution in [-0.2, 0) is 19.1 Å². The molecule has 0 fully saturated rings. The number of para-hydroxylation sites is 4. The van der Waals surface area contributed by atoms with Gasteiger partial charge in [-0.25, -0.2) is 4.79 Å². The molecule has 0 spiro atoms. The summed E-state index contributed by atoms with van der Waals surface area (Å²) in [6, 6.07) is 12.0. The van der Waals surface area contributed by atoms with Crippen molar-refractivity contribution in [3.05, 3.63) is 58.6 Å². The van der Waals surface area contributed by atoms with Crippen LogP contribution in [0.5, 0.6) is 5.75 Å². The number of benzene rings is 2. The van der Waals surface area contributed by atoms with Gasteiger partial charge < -0.3 is 19.7 Å². The van der Waals surface area contributed by atoms with Gasteiger partial charge in [-0.2, -0.15) is 0 Å². The predicted molar refractivity (Wildman–Crippen MR) is 106 cm³/mol. The van der Waals surface area contributed by atoms with E-state index >= 15 is 0 Å². The molecule has 1 heterocycles. The first-order valence-electron chi connectivity index (χ1n) is 9.09. The van der Waals surface area contributed by atoms with Crippen LogP contribution in [0.2, 0.25) is 0 Å². The highest BCUT2D eigenvalue weighted by Gasteiger charge is 2.30. The van der Waals surface area contributed by atoms with Crippen LogP contribution in [0.25, 0.3) is 0 Å². The zero-order valence-electron chi connectivity index (χ0n) is 16.1. The van der Waals surface area contributed by atoms with Gasteiger partial charge in [0.05, 0.1) is 16.3 Å². The number of carbonyl (C=O) groups is 3. The fourth-order valence-corrected chi connectivity index (χ4v) is 3.09. The maximum Gasteiger partial charge on any atom is 0.344 e. The van der Waals surface area contributed by atoms with Crippen LogP contribution < -0.4 is 15.0 Å². The average Bonchev–Trinajstić information content (AvgIpc) is 2.84. The minimum absolute atomic E-state index is 0.0783. The van der Waals surface area contributed by atoms with Crippen LogP contribution in [0.15, 0.2) is 48.5 Å². The highest BCUT2D eigenvalue weighted by molar-refractivity contribution is 6.05. The molecule has 0 aliphatic carbocycles. The smallest absolute Gasteiger partial charge is 0.344 e. The van der Waals surface area contributed by atoms with E-state index in [-0.39, 0.29) is 23.8 Å². The summed E-state index contributed by atoms with van der Waals surface area (Å²) in [4.78, 5) is 48.4. The van der Waals surface area contributed by atoms with E-state index in [0.717, 1.165) is 0 Å². The molecule has 2 aromatic rings. The van der Waals surface area contributed by atoms with E-state index in [1.54, 1.807) is 31.2 Å². The van der Waals surface area contributed by atoms with Crippen molar-refractivity contribution in [1.82, 2.24) is 0 Å². The Bertz CT molecular complexity index is 992. The van der Waals surface area contributed by atoms with Gasteiger partial charge in [0, 0.05) is 18.5 Å². The molecule has 0 bridgehead atoms. The van der Waals surface area contributed by atoms with E-state index in [2.05, 4.69) is 5.32 Å². The Morgan fingerprint density at radius 2 is 1.87 bits per heavy atom. The van der Waals surface area contributed by atoms with Crippen LogP contribution in [0, 0.1) is 10.1 Å². The van der Waals surface area contributed by atoms with Gasteiger partial charge in [-0.3, -0.25) is 19.7 Å². The summed E-state index contributed by atoms with van der Waals surface area (Å²) in [6.45, 7) is 0.565. The number of fused-ring (bicyclic) bond motifs is 1. The van der Waals surface area contributed by atoms with Gasteiger partial charge in [-0.15, -0.1) is 0 Å². The van der Waals surface area contributed by atoms with E-state index < -0.39 is 36.1 Å².